The molecular weight excluding hydrogens is 377 g/mol. The first-order valence-electron chi connectivity index (χ1n) is 9.08. The Morgan fingerprint density at radius 3 is 2.79 bits per heavy atom. The Kier molecular flexibility index (Phi) is 4.91. The standard InChI is InChI=1S/C20H16FN5O3/c21-16-5-3-13(4-6-16)19-23-20(29-24-19)14-2-1-9-25(12-14)18-8-7-17(26(27)28)10-15(18)11-22/h3-8,10,14H,1-2,9,12H2. The maximum absolute atomic E-state index is 13.1. The van der Waals surface area contributed by atoms with E-state index in [9.17, 15) is 19.8 Å². The summed E-state index contributed by atoms with van der Waals surface area (Å²) in [6, 6.07) is 12.2. The van der Waals surface area contributed by atoms with E-state index in [4.69, 9.17) is 4.52 Å². The van der Waals surface area contributed by atoms with Gasteiger partial charge in [-0.1, -0.05) is 5.16 Å². The average Bonchev–Trinajstić information content (AvgIpc) is 3.24. The van der Waals surface area contributed by atoms with Gasteiger partial charge in [-0.05, 0) is 43.2 Å². The highest BCUT2D eigenvalue weighted by Gasteiger charge is 2.28. The van der Waals surface area contributed by atoms with Crippen molar-refractivity contribution in [3.63, 3.8) is 0 Å². The molecule has 0 spiro atoms. The molecule has 0 bridgehead atoms. The van der Waals surface area contributed by atoms with Gasteiger partial charge in [0.25, 0.3) is 5.69 Å². The summed E-state index contributed by atoms with van der Waals surface area (Å²) in [4.78, 5) is 16.9. The SMILES string of the molecule is N#Cc1cc([N+](=O)[O-])ccc1N1CCCC(c2nc(-c3ccc(F)cc3)no2)C1. The minimum Gasteiger partial charge on any atom is -0.370 e. The number of nitro benzene ring substituents is 1. The summed E-state index contributed by atoms with van der Waals surface area (Å²) in [7, 11) is 0. The van der Waals surface area contributed by atoms with Gasteiger partial charge in [0.05, 0.1) is 22.1 Å². The van der Waals surface area contributed by atoms with E-state index in [1.54, 1.807) is 18.2 Å². The van der Waals surface area contributed by atoms with Crippen LogP contribution in [0, 0.1) is 27.3 Å². The molecule has 2 aromatic carbocycles. The molecule has 8 nitrogen and oxygen atoms in total. The number of nitrogens with zero attached hydrogens (tertiary/aromatic N) is 5. The number of nitro groups is 1. The van der Waals surface area contributed by atoms with Crippen LogP contribution in [0.2, 0.25) is 0 Å². The summed E-state index contributed by atoms with van der Waals surface area (Å²) in [5, 5.41) is 24.4. The van der Waals surface area contributed by atoms with Gasteiger partial charge in [-0.2, -0.15) is 10.2 Å². The summed E-state index contributed by atoms with van der Waals surface area (Å²) in [6.45, 7) is 1.28. The van der Waals surface area contributed by atoms with Crippen molar-refractivity contribution in [2.75, 3.05) is 18.0 Å². The van der Waals surface area contributed by atoms with Gasteiger partial charge in [0.15, 0.2) is 0 Å². The number of anilines is 1. The van der Waals surface area contributed by atoms with Crippen molar-refractivity contribution in [1.82, 2.24) is 10.1 Å². The van der Waals surface area contributed by atoms with E-state index in [1.807, 2.05) is 11.0 Å². The number of hydrogen-bond acceptors (Lipinski definition) is 7. The fraction of sp³-hybridized carbons (Fsp3) is 0.250. The first-order valence-corrected chi connectivity index (χ1v) is 9.08. The summed E-state index contributed by atoms with van der Waals surface area (Å²) >= 11 is 0. The predicted molar refractivity (Wildman–Crippen MR) is 102 cm³/mol. The summed E-state index contributed by atoms with van der Waals surface area (Å²) in [6.07, 6.45) is 1.69. The molecule has 0 saturated carbocycles. The van der Waals surface area contributed by atoms with E-state index in [-0.39, 0.29) is 23.0 Å². The van der Waals surface area contributed by atoms with Crippen molar-refractivity contribution < 1.29 is 13.8 Å². The molecule has 2 heterocycles. The molecular formula is C20H16FN5O3. The second-order valence-corrected chi connectivity index (χ2v) is 6.82. The lowest BCUT2D eigenvalue weighted by molar-refractivity contribution is -0.384. The average molecular weight is 393 g/mol. The Morgan fingerprint density at radius 1 is 1.28 bits per heavy atom. The third-order valence-electron chi connectivity index (χ3n) is 4.97. The Morgan fingerprint density at radius 2 is 2.07 bits per heavy atom. The molecule has 1 unspecified atom stereocenters. The zero-order valence-corrected chi connectivity index (χ0v) is 15.3. The molecule has 1 saturated heterocycles. The number of aromatic nitrogens is 2. The van der Waals surface area contributed by atoms with E-state index in [0.717, 1.165) is 19.4 Å². The molecule has 3 aromatic rings. The molecule has 146 valence electrons. The van der Waals surface area contributed by atoms with E-state index in [0.29, 0.717) is 29.5 Å². The van der Waals surface area contributed by atoms with Gasteiger partial charge in [0.2, 0.25) is 11.7 Å². The molecule has 0 radical (unpaired) electrons. The van der Waals surface area contributed by atoms with Gasteiger partial charge in [-0.15, -0.1) is 0 Å². The van der Waals surface area contributed by atoms with Gasteiger partial charge in [-0.25, -0.2) is 4.39 Å². The summed E-state index contributed by atoms with van der Waals surface area (Å²) in [5.41, 5.74) is 1.47. The third-order valence-corrected chi connectivity index (χ3v) is 4.97. The van der Waals surface area contributed by atoms with Gasteiger partial charge < -0.3 is 9.42 Å². The van der Waals surface area contributed by atoms with Gasteiger partial charge in [-0.3, -0.25) is 10.1 Å². The highest BCUT2D eigenvalue weighted by molar-refractivity contribution is 5.63. The van der Waals surface area contributed by atoms with Crippen LogP contribution < -0.4 is 4.90 Å². The third kappa shape index (κ3) is 3.78. The molecule has 1 aliphatic heterocycles. The Hall–Kier alpha value is -3.80. The van der Waals surface area contributed by atoms with Crippen molar-refractivity contribution in [2.45, 2.75) is 18.8 Å². The number of nitriles is 1. The van der Waals surface area contributed by atoms with Crippen molar-refractivity contribution in [1.29, 1.82) is 5.26 Å². The Balaban J connectivity index is 1.56. The number of piperidine rings is 1. The van der Waals surface area contributed by atoms with E-state index >= 15 is 0 Å². The van der Waals surface area contributed by atoms with Crippen molar-refractivity contribution in [2.24, 2.45) is 0 Å². The molecule has 0 amide bonds. The van der Waals surface area contributed by atoms with Gasteiger partial charge in [0.1, 0.15) is 11.9 Å². The fourth-order valence-electron chi connectivity index (χ4n) is 3.52. The first-order chi connectivity index (χ1) is 14.0. The van der Waals surface area contributed by atoms with E-state index < -0.39 is 4.92 Å². The Bertz CT molecular complexity index is 1090. The molecule has 0 aliphatic carbocycles. The maximum Gasteiger partial charge on any atom is 0.270 e. The predicted octanol–water partition coefficient (Wildman–Crippen LogP) is 4.04. The van der Waals surface area contributed by atoms with Crippen LogP contribution in [0.5, 0.6) is 0 Å². The quantitative estimate of drug-likeness (QED) is 0.486. The molecule has 4 rings (SSSR count). The second kappa shape index (κ2) is 7.67. The van der Waals surface area contributed by atoms with E-state index in [2.05, 4.69) is 10.1 Å². The van der Waals surface area contributed by atoms with Crippen LogP contribution in [0.3, 0.4) is 0 Å². The monoisotopic (exact) mass is 393 g/mol. The van der Waals surface area contributed by atoms with Crippen LogP contribution in [-0.4, -0.2) is 28.2 Å². The zero-order valence-electron chi connectivity index (χ0n) is 15.3. The highest BCUT2D eigenvalue weighted by atomic mass is 19.1. The molecule has 1 fully saturated rings. The van der Waals surface area contributed by atoms with Crippen molar-refractivity contribution >= 4 is 11.4 Å². The van der Waals surface area contributed by atoms with Crippen LogP contribution in [-0.2, 0) is 0 Å². The topological polar surface area (TPSA) is 109 Å². The van der Waals surface area contributed by atoms with Gasteiger partial charge in [0, 0.05) is 30.8 Å². The Labute approximate surface area is 165 Å². The van der Waals surface area contributed by atoms with Crippen molar-refractivity contribution in [3.8, 4) is 17.5 Å². The maximum atomic E-state index is 13.1. The molecule has 9 heteroatoms. The summed E-state index contributed by atoms with van der Waals surface area (Å²) < 4.78 is 18.5. The minimum absolute atomic E-state index is 0.0350. The normalized spacial score (nSPS) is 16.4. The largest absolute Gasteiger partial charge is 0.370 e. The van der Waals surface area contributed by atoms with Gasteiger partial charge >= 0.3 is 0 Å². The zero-order chi connectivity index (χ0) is 20.4. The molecule has 1 aromatic heterocycles. The van der Waals surface area contributed by atoms with Crippen LogP contribution in [0.15, 0.2) is 47.0 Å². The first kappa shape index (κ1) is 18.6. The van der Waals surface area contributed by atoms with Crippen LogP contribution in [0.1, 0.15) is 30.2 Å². The molecule has 1 aliphatic rings. The lowest BCUT2D eigenvalue weighted by Crippen LogP contribution is -2.35. The number of halogens is 1. The minimum atomic E-state index is -0.515. The second-order valence-electron chi connectivity index (χ2n) is 6.82. The molecule has 29 heavy (non-hydrogen) atoms. The smallest absolute Gasteiger partial charge is 0.270 e. The van der Waals surface area contributed by atoms with Crippen LogP contribution >= 0.6 is 0 Å². The number of rotatable bonds is 4. The molecule has 0 N–H and O–H groups in total. The summed E-state index contributed by atoms with van der Waals surface area (Å²) in [5.74, 6) is 0.503. The van der Waals surface area contributed by atoms with Crippen LogP contribution in [0.4, 0.5) is 15.8 Å². The number of non-ortho nitro benzene ring substituents is 1. The highest BCUT2D eigenvalue weighted by Crippen LogP contribution is 2.33. The lowest BCUT2D eigenvalue weighted by Gasteiger charge is -2.33. The lowest BCUT2D eigenvalue weighted by atomic mass is 9.96. The number of benzene rings is 2. The van der Waals surface area contributed by atoms with Crippen LogP contribution in [0.25, 0.3) is 11.4 Å². The van der Waals surface area contributed by atoms with Crippen molar-refractivity contribution in [3.05, 3.63) is 69.9 Å². The molecule has 1 atom stereocenters. The number of hydrogen-bond donors (Lipinski definition) is 0. The van der Waals surface area contributed by atoms with E-state index in [1.165, 1.54) is 24.3 Å². The fourth-order valence-corrected chi connectivity index (χ4v) is 3.52.